The van der Waals surface area contributed by atoms with Crippen molar-refractivity contribution in [3.8, 4) is 5.75 Å². The van der Waals surface area contributed by atoms with Gasteiger partial charge in [-0.2, -0.15) is 0 Å². The Morgan fingerprint density at radius 1 is 1.11 bits per heavy atom. The lowest BCUT2D eigenvalue weighted by Gasteiger charge is -2.14. The van der Waals surface area contributed by atoms with Gasteiger partial charge in [-0.05, 0) is 36.2 Å². The molecule has 0 radical (unpaired) electrons. The first-order chi connectivity index (χ1) is 9.13. The van der Waals surface area contributed by atoms with Crippen LogP contribution >= 0.6 is 39.1 Å². The Morgan fingerprint density at radius 3 is 2.42 bits per heavy atom. The molecule has 0 amide bonds. The first kappa shape index (κ1) is 14.7. The van der Waals surface area contributed by atoms with E-state index >= 15 is 0 Å². The van der Waals surface area contributed by atoms with E-state index in [-0.39, 0.29) is 4.83 Å². The van der Waals surface area contributed by atoms with Crippen molar-refractivity contribution in [1.82, 2.24) is 0 Å². The van der Waals surface area contributed by atoms with Crippen LogP contribution in [0.4, 0.5) is 0 Å². The molecule has 0 aliphatic rings. The molecular weight excluding hydrogens is 347 g/mol. The normalized spacial score (nSPS) is 12.2. The number of halogens is 3. The number of hydrogen-bond acceptors (Lipinski definition) is 1. The van der Waals surface area contributed by atoms with Gasteiger partial charge in [0.25, 0.3) is 0 Å². The van der Waals surface area contributed by atoms with E-state index in [0.717, 1.165) is 16.9 Å². The van der Waals surface area contributed by atoms with Crippen LogP contribution in [-0.2, 0) is 0 Å². The quantitative estimate of drug-likeness (QED) is 0.619. The predicted molar refractivity (Wildman–Crippen MR) is 84.8 cm³/mol. The Balaban J connectivity index is 2.28. The van der Waals surface area contributed by atoms with E-state index in [0.29, 0.717) is 16.7 Å². The standard InChI is InChI=1S/C15H13BrCl2O/c1-2-19-11-8-6-10(7-9-11)14(16)12-4-3-5-13(17)15(12)18/h3-9,14H,2H2,1H3. The van der Waals surface area contributed by atoms with E-state index in [1.807, 2.05) is 43.3 Å². The zero-order valence-corrected chi connectivity index (χ0v) is 13.5. The summed E-state index contributed by atoms with van der Waals surface area (Å²) in [4.78, 5) is 0.00868. The number of ether oxygens (including phenoxy) is 1. The van der Waals surface area contributed by atoms with Gasteiger partial charge in [0.2, 0.25) is 0 Å². The molecule has 0 saturated heterocycles. The lowest BCUT2D eigenvalue weighted by Crippen LogP contribution is -1.95. The summed E-state index contributed by atoms with van der Waals surface area (Å²) in [6, 6.07) is 13.6. The van der Waals surface area contributed by atoms with Crippen molar-refractivity contribution in [3.63, 3.8) is 0 Å². The van der Waals surface area contributed by atoms with Crippen molar-refractivity contribution < 1.29 is 4.74 Å². The Morgan fingerprint density at radius 2 is 1.79 bits per heavy atom. The van der Waals surface area contributed by atoms with Crippen LogP contribution in [-0.4, -0.2) is 6.61 Å². The van der Waals surface area contributed by atoms with Gasteiger partial charge < -0.3 is 4.74 Å². The minimum Gasteiger partial charge on any atom is -0.494 e. The molecule has 0 fully saturated rings. The SMILES string of the molecule is CCOc1ccc(C(Br)c2cccc(Cl)c2Cl)cc1. The third-order valence-electron chi connectivity index (χ3n) is 2.74. The molecule has 0 spiro atoms. The van der Waals surface area contributed by atoms with E-state index in [1.54, 1.807) is 6.07 Å². The predicted octanol–water partition coefficient (Wildman–Crippen LogP) is 5.88. The second-order valence-electron chi connectivity index (χ2n) is 4.01. The number of benzene rings is 2. The second kappa shape index (κ2) is 6.65. The van der Waals surface area contributed by atoms with Gasteiger partial charge >= 0.3 is 0 Å². The minimum atomic E-state index is 0.00868. The fourth-order valence-corrected chi connectivity index (χ4v) is 3.03. The maximum absolute atomic E-state index is 6.23. The van der Waals surface area contributed by atoms with Gasteiger partial charge in [-0.15, -0.1) is 0 Å². The lowest BCUT2D eigenvalue weighted by molar-refractivity contribution is 0.340. The van der Waals surface area contributed by atoms with Gasteiger partial charge in [-0.1, -0.05) is 63.4 Å². The molecule has 0 heterocycles. The maximum Gasteiger partial charge on any atom is 0.119 e. The summed E-state index contributed by atoms with van der Waals surface area (Å²) in [7, 11) is 0. The van der Waals surface area contributed by atoms with Crippen molar-refractivity contribution in [1.29, 1.82) is 0 Å². The number of hydrogen-bond donors (Lipinski definition) is 0. The number of alkyl halides is 1. The van der Waals surface area contributed by atoms with Crippen LogP contribution in [0.1, 0.15) is 22.9 Å². The van der Waals surface area contributed by atoms with Gasteiger partial charge in [0.15, 0.2) is 0 Å². The summed E-state index contributed by atoms with van der Waals surface area (Å²) in [6.45, 7) is 2.63. The third kappa shape index (κ3) is 3.44. The molecule has 2 aromatic carbocycles. The smallest absolute Gasteiger partial charge is 0.119 e. The van der Waals surface area contributed by atoms with Crippen molar-refractivity contribution in [2.75, 3.05) is 6.61 Å². The zero-order valence-electron chi connectivity index (χ0n) is 10.4. The molecule has 0 bridgehead atoms. The molecule has 1 nitrogen and oxygen atoms in total. The highest BCUT2D eigenvalue weighted by Crippen LogP contribution is 2.38. The summed E-state index contributed by atoms with van der Waals surface area (Å²) in [6.07, 6.45) is 0. The molecule has 0 aliphatic heterocycles. The Kier molecular flexibility index (Phi) is 5.14. The minimum absolute atomic E-state index is 0.00868. The van der Waals surface area contributed by atoms with E-state index in [4.69, 9.17) is 27.9 Å². The van der Waals surface area contributed by atoms with Crippen LogP contribution in [0, 0.1) is 0 Å². The van der Waals surface area contributed by atoms with Gasteiger partial charge in [-0.3, -0.25) is 0 Å². The summed E-state index contributed by atoms with van der Waals surface area (Å²) in [5.74, 6) is 0.864. The van der Waals surface area contributed by atoms with Crippen LogP contribution in [0.3, 0.4) is 0 Å². The molecule has 4 heteroatoms. The van der Waals surface area contributed by atoms with Gasteiger partial charge in [-0.25, -0.2) is 0 Å². The average Bonchev–Trinajstić information content (AvgIpc) is 2.42. The van der Waals surface area contributed by atoms with Crippen LogP contribution in [0.25, 0.3) is 0 Å². The molecule has 0 N–H and O–H groups in total. The average molecular weight is 360 g/mol. The fraction of sp³-hybridized carbons (Fsp3) is 0.200. The lowest BCUT2D eigenvalue weighted by atomic mass is 10.0. The topological polar surface area (TPSA) is 9.23 Å². The molecule has 0 aromatic heterocycles. The molecule has 19 heavy (non-hydrogen) atoms. The number of rotatable bonds is 4. The van der Waals surface area contributed by atoms with Crippen molar-refractivity contribution in [2.45, 2.75) is 11.8 Å². The van der Waals surface area contributed by atoms with Gasteiger partial charge in [0, 0.05) is 0 Å². The second-order valence-corrected chi connectivity index (χ2v) is 5.71. The largest absolute Gasteiger partial charge is 0.494 e. The van der Waals surface area contributed by atoms with Crippen LogP contribution in [0.15, 0.2) is 42.5 Å². The molecule has 1 unspecified atom stereocenters. The summed E-state index contributed by atoms with van der Waals surface area (Å²) in [5.41, 5.74) is 2.06. The first-order valence-electron chi connectivity index (χ1n) is 5.94. The molecular formula is C15H13BrCl2O. The Labute approximate surface area is 131 Å². The summed E-state index contributed by atoms with van der Waals surface area (Å²) < 4.78 is 5.43. The van der Waals surface area contributed by atoms with Crippen LogP contribution < -0.4 is 4.74 Å². The van der Waals surface area contributed by atoms with E-state index in [2.05, 4.69) is 15.9 Å². The third-order valence-corrected chi connectivity index (χ3v) is 4.59. The van der Waals surface area contributed by atoms with Crippen LogP contribution in [0.5, 0.6) is 5.75 Å². The Bertz CT molecular complexity index is 555. The molecule has 2 aromatic rings. The van der Waals surface area contributed by atoms with Gasteiger partial charge in [0.05, 0.1) is 21.5 Å². The highest BCUT2D eigenvalue weighted by atomic mass is 79.9. The molecule has 0 saturated carbocycles. The fourth-order valence-electron chi connectivity index (χ4n) is 1.80. The zero-order chi connectivity index (χ0) is 13.8. The first-order valence-corrected chi connectivity index (χ1v) is 7.61. The van der Waals surface area contributed by atoms with Gasteiger partial charge in [0.1, 0.15) is 5.75 Å². The van der Waals surface area contributed by atoms with Crippen molar-refractivity contribution >= 4 is 39.1 Å². The molecule has 100 valence electrons. The van der Waals surface area contributed by atoms with Crippen LogP contribution in [0.2, 0.25) is 10.0 Å². The van der Waals surface area contributed by atoms with Crippen molar-refractivity contribution in [2.24, 2.45) is 0 Å². The molecule has 0 aliphatic carbocycles. The summed E-state index contributed by atoms with van der Waals surface area (Å²) in [5, 5.41) is 1.15. The molecule has 2 rings (SSSR count). The molecule has 1 atom stereocenters. The Hall–Kier alpha value is -0.700. The van der Waals surface area contributed by atoms with E-state index < -0.39 is 0 Å². The monoisotopic (exact) mass is 358 g/mol. The van der Waals surface area contributed by atoms with E-state index in [1.165, 1.54) is 0 Å². The van der Waals surface area contributed by atoms with Crippen molar-refractivity contribution in [3.05, 3.63) is 63.6 Å². The van der Waals surface area contributed by atoms with E-state index in [9.17, 15) is 0 Å². The summed E-state index contributed by atoms with van der Waals surface area (Å²) >= 11 is 15.9. The highest BCUT2D eigenvalue weighted by Gasteiger charge is 2.15. The highest BCUT2D eigenvalue weighted by molar-refractivity contribution is 9.09. The maximum atomic E-state index is 6.23.